The van der Waals surface area contributed by atoms with Crippen LogP contribution in [-0.4, -0.2) is 24.8 Å². The second-order valence-corrected chi connectivity index (χ2v) is 3.26. The first kappa shape index (κ1) is 9.24. The number of carboxylic acid groups (broad SMARTS) is 1. The van der Waals surface area contributed by atoms with E-state index < -0.39 is 17.0 Å². The predicted molar refractivity (Wildman–Crippen MR) is 41.8 cm³/mol. The van der Waals surface area contributed by atoms with Crippen molar-refractivity contribution in [1.29, 1.82) is 0 Å². The van der Waals surface area contributed by atoms with Gasteiger partial charge in [0.2, 0.25) is 0 Å². The first-order valence-electron chi connectivity index (χ1n) is 2.75. The van der Waals surface area contributed by atoms with Crippen LogP contribution in [0.3, 0.4) is 0 Å². The van der Waals surface area contributed by atoms with Crippen molar-refractivity contribution in [3.8, 4) is 0 Å². The predicted octanol–water partition coefficient (Wildman–Crippen LogP) is 0.947. The molecule has 0 aliphatic carbocycles. The molecule has 0 radical (unpaired) electrons. The van der Waals surface area contributed by atoms with E-state index in [0.29, 0.717) is 0 Å². The van der Waals surface area contributed by atoms with E-state index in [-0.39, 0.29) is 15.7 Å². The summed E-state index contributed by atoms with van der Waals surface area (Å²) in [6, 6.07) is 1.10. The van der Waals surface area contributed by atoms with Crippen molar-refractivity contribution < 1.29 is 18.7 Å². The van der Waals surface area contributed by atoms with Crippen LogP contribution in [0.4, 0.5) is 0 Å². The summed E-state index contributed by atoms with van der Waals surface area (Å²) < 4.78 is 19.1. The Bertz CT molecular complexity index is 316. The molecule has 1 unspecified atom stereocenters. The average molecular weight is 210 g/mol. The van der Waals surface area contributed by atoms with Gasteiger partial charge in [0.05, 0.1) is 0 Å². The number of H-pyrrole nitrogens is 1. The number of hydrogen-bond donors (Lipinski definition) is 3. The fourth-order valence-corrected chi connectivity index (χ4v) is 1.50. The van der Waals surface area contributed by atoms with Crippen LogP contribution in [0.15, 0.2) is 11.0 Å². The summed E-state index contributed by atoms with van der Waals surface area (Å²) in [7, 11) is 0. The van der Waals surface area contributed by atoms with Gasteiger partial charge in [-0.2, -0.15) is 0 Å². The molecule has 1 atom stereocenters. The molecule has 0 saturated heterocycles. The van der Waals surface area contributed by atoms with Crippen molar-refractivity contribution in [1.82, 2.24) is 4.98 Å². The summed E-state index contributed by atoms with van der Waals surface area (Å²) in [5.41, 5.74) is -0.360. The van der Waals surface area contributed by atoms with Crippen LogP contribution in [0.2, 0.25) is 5.15 Å². The highest BCUT2D eigenvalue weighted by atomic mass is 35.5. The minimum atomic E-state index is -2.34. The maximum atomic E-state index is 10.5. The summed E-state index contributed by atoms with van der Waals surface area (Å²) in [6.45, 7) is 0. The maximum Gasteiger partial charge on any atom is 0.353 e. The Morgan fingerprint density at radius 2 is 2.25 bits per heavy atom. The Morgan fingerprint density at radius 3 is 2.58 bits per heavy atom. The number of carbonyl (C=O) groups is 1. The van der Waals surface area contributed by atoms with Gasteiger partial charge in [0.1, 0.15) is 15.7 Å². The summed E-state index contributed by atoms with van der Waals surface area (Å²) in [6.07, 6.45) is 0. The normalized spacial score (nSPS) is 12.8. The number of aromatic carboxylic acids is 1. The van der Waals surface area contributed by atoms with Crippen LogP contribution in [0.1, 0.15) is 10.5 Å². The molecule has 3 N–H and O–H groups in total. The molecule has 0 bridgehead atoms. The number of halogens is 1. The summed E-state index contributed by atoms with van der Waals surface area (Å²) in [4.78, 5) is 12.4. The van der Waals surface area contributed by atoms with Crippen LogP contribution < -0.4 is 0 Å². The van der Waals surface area contributed by atoms with Crippen molar-refractivity contribution in [2.24, 2.45) is 0 Å². The molecule has 0 fully saturated rings. The molecule has 0 aliphatic heterocycles. The molecule has 1 rings (SSSR count). The van der Waals surface area contributed by atoms with Crippen LogP contribution in [0, 0.1) is 0 Å². The van der Waals surface area contributed by atoms with Gasteiger partial charge in [0, 0.05) is 0 Å². The van der Waals surface area contributed by atoms with E-state index in [1.807, 2.05) is 0 Å². The minimum Gasteiger partial charge on any atom is -0.477 e. The largest absolute Gasteiger partial charge is 0.477 e. The topological polar surface area (TPSA) is 90.4 Å². The third-order valence-corrected chi connectivity index (χ3v) is 2.05. The Hall–Kier alpha value is -0.850. The third kappa shape index (κ3) is 1.66. The molecule has 1 aromatic heterocycles. The molecule has 0 saturated carbocycles. The zero-order valence-electron chi connectivity index (χ0n) is 5.57. The van der Waals surface area contributed by atoms with Gasteiger partial charge in [0.15, 0.2) is 11.1 Å². The van der Waals surface area contributed by atoms with Gasteiger partial charge in [-0.25, -0.2) is 9.00 Å². The van der Waals surface area contributed by atoms with Crippen molar-refractivity contribution in [3.05, 3.63) is 16.9 Å². The third-order valence-electron chi connectivity index (χ3n) is 1.15. The van der Waals surface area contributed by atoms with Crippen molar-refractivity contribution in [3.63, 3.8) is 0 Å². The van der Waals surface area contributed by atoms with Crippen molar-refractivity contribution in [2.45, 2.75) is 4.90 Å². The lowest BCUT2D eigenvalue weighted by Crippen LogP contribution is -2.01. The molecular weight excluding hydrogens is 206 g/mol. The molecule has 0 aliphatic rings. The van der Waals surface area contributed by atoms with E-state index in [2.05, 4.69) is 4.98 Å². The van der Waals surface area contributed by atoms with Crippen LogP contribution >= 0.6 is 11.6 Å². The van der Waals surface area contributed by atoms with Gasteiger partial charge in [-0.1, -0.05) is 11.6 Å². The Kier molecular flexibility index (Phi) is 2.51. The number of hydrogen-bond acceptors (Lipinski definition) is 2. The molecule has 12 heavy (non-hydrogen) atoms. The van der Waals surface area contributed by atoms with Crippen LogP contribution in [0.5, 0.6) is 0 Å². The van der Waals surface area contributed by atoms with Crippen LogP contribution in [0.25, 0.3) is 0 Å². The number of nitrogens with one attached hydrogen (secondary N) is 1. The minimum absolute atomic E-state index is 0.0183. The molecule has 0 spiro atoms. The van der Waals surface area contributed by atoms with Gasteiger partial charge in [-0.05, 0) is 6.07 Å². The molecule has 0 amide bonds. The number of aromatic nitrogens is 1. The number of rotatable bonds is 2. The zero-order chi connectivity index (χ0) is 9.30. The molecule has 66 valence electrons. The molecule has 5 nitrogen and oxygen atoms in total. The SMILES string of the molecule is O=C(O)c1[nH]c(Cl)cc1S(=O)O. The first-order valence-corrected chi connectivity index (χ1v) is 4.23. The Balaban J connectivity index is 3.26. The van der Waals surface area contributed by atoms with Gasteiger partial charge in [-0.3, -0.25) is 0 Å². The Morgan fingerprint density at radius 1 is 1.67 bits per heavy atom. The van der Waals surface area contributed by atoms with E-state index in [4.69, 9.17) is 21.3 Å². The zero-order valence-corrected chi connectivity index (χ0v) is 7.15. The summed E-state index contributed by atoms with van der Waals surface area (Å²) >= 11 is 3.05. The Labute approximate surface area is 74.6 Å². The standard InChI is InChI=1S/C5H4ClNO4S/c6-3-1-2(12(10)11)4(7-3)5(8)9/h1,7H,(H,8,9)(H,10,11). The van der Waals surface area contributed by atoms with Crippen molar-refractivity contribution >= 4 is 28.7 Å². The van der Waals surface area contributed by atoms with Crippen LogP contribution in [-0.2, 0) is 11.1 Å². The fourth-order valence-electron chi connectivity index (χ4n) is 0.701. The molecule has 1 heterocycles. The van der Waals surface area contributed by atoms with E-state index >= 15 is 0 Å². The van der Waals surface area contributed by atoms with Gasteiger partial charge in [-0.15, -0.1) is 0 Å². The van der Waals surface area contributed by atoms with Gasteiger partial charge < -0.3 is 14.6 Å². The van der Waals surface area contributed by atoms with Crippen molar-refractivity contribution in [2.75, 3.05) is 0 Å². The highest BCUT2D eigenvalue weighted by molar-refractivity contribution is 7.79. The highest BCUT2D eigenvalue weighted by Crippen LogP contribution is 2.17. The molecule has 1 aromatic rings. The second kappa shape index (κ2) is 3.26. The summed E-state index contributed by atoms with van der Waals surface area (Å²) in [5.74, 6) is -1.32. The monoisotopic (exact) mass is 209 g/mol. The van der Waals surface area contributed by atoms with E-state index in [0.717, 1.165) is 6.07 Å². The van der Waals surface area contributed by atoms with Gasteiger partial charge in [0.25, 0.3) is 0 Å². The molecule has 0 aromatic carbocycles. The molecular formula is C5H4ClNO4S. The average Bonchev–Trinajstić information content (AvgIpc) is 2.31. The van der Waals surface area contributed by atoms with Gasteiger partial charge >= 0.3 is 5.97 Å². The summed E-state index contributed by atoms with van der Waals surface area (Å²) in [5, 5.41) is 8.51. The quantitative estimate of drug-likeness (QED) is 0.633. The number of carboxylic acids is 1. The lowest BCUT2D eigenvalue weighted by molar-refractivity contribution is 0.0687. The highest BCUT2D eigenvalue weighted by Gasteiger charge is 2.17. The lowest BCUT2D eigenvalue weighted by atomic mass is 10.4. The first-order chi connectivity index (χ1) is 5.52. The molecule has 7 heteroatoms. The van der Waals surface area contributed by atoms with E-state index in [1.54, 1.807) is 0 Å². The van der Waals surface area contributed by atoms with E-state index in [9.17, 15) is 9.00 Å². The smallest absolute Gasteiger partial charge is 0.353 e. The lowest BCUT2D eigenvalue weighted by Gasteiger charge is -1.91. The maximum absolute atomic E-state index is 10.5. The number of aromatic amines is 1. The fraction of sp³-hybridized carbons (Fsp3) is 0. The van der Waals surface area contributed by atoms with E-state index in [1.165, 1.54) is 0 Å². The second-order valence-electron chi connectivity index (χ2n) is 1.91.